The van der Waals surface area contributed by atoms with Gasteiger partial charge >= 0.3 is 0 Å². The Kier molecular flexibility index (Phi) is 5.40. The van der Waals surface area contributed by atoms with Crippen LogP contribution in [0.15, 0.2) is 48.5 Å². The lowest BCUT2D eigenvalue weighted by Gasteiger charge is -2.06. The fraction of sp³-hybridized carbons (Fsp3) is 0.250. The standard InChI is InChI=1S/C16H18ClNO/c17-16-7-5-15(6-8-16)12-19-11-14-3-1-13(2-4-14)9-10-18/h1-8H,9-12,18H2. The maximum Gasteiger partial charge on any atom is 0.0721 e. The van der Waals surface area contributed by atoms with Crippen molar-refractivity contribution in [3.8, 4) is 0 Å². The second-order valence-electron chi connectivity index (χ2n) is 4.47. The van der Waals surface area contributed by atoms with Gasteiger partial charge in [0.1, 0.15) is 0 Å². The van der Waals surface area contributed by atoms with Crippen molar-refractivity contribution in [1.82, 2.24) is 0 Å². The van der Waals surface area contributed by atoms with Crippen molar-refractivity contribution in [2.24, 2.45) is 5.73 Å². The maximum atomic E-state index is 5.83. The quantitative estimate of drug-likeness (QED) is 0.875. The lowest BCUT2D eigenvalue weighted by molar-refractivity contribution is 0.107. The first kappa shape index (κ1) is 14.1. The predicted octanol–water partition coefficient (Wildman–Crippen LogP) is 3.56. The molecule has 0 fully saturated rings. The summed E-state index contributed by atoms with van der Waals surface area (Å²) < 4.78 is 5.68. The fourth-order valence-corrected chi connectivity index (χ4v) is 1.96. The molecule has 2 aromatic rings. The molecule has 2 nitrogen and oxygen atoms in total. The van der Waals surface area contributed by atoms with E-state index in [2.05, 4.69) is 24.3 Å². The van der Waals surface area contributed by atoms with Crippen molar-refractivity contribution < 1.29 is 4.74 Å². The van der Waals surface area contributed by atoms with Crippen LogP contribution in [0.25, 0.3) is 0 Å². The van der Waals surface area contributed by atoms with Gasteiger partial charge in [-0.15, -0.1) is 0 Å². The summed E-state index contributed by atoms with van der Waals surface area (Å²) in [5, 5.41) is 0.749. The third-order valence-corrected chi connectivity index (χ3v) is 3.16. The largest absolute Gasteiger partial charge is 0.372 e. The smallest absolute Gasteiger partial charge is 0.0721 e. The molecule has 0 aliphatic carbocycles. The summed E-state index contributed by atoms with van der Waals surface area (Å²) in [6.45, 7) is 1.90. The molecule has 19 heavy (non-hydrogen) atoms. The Morgan fingerprint density at radius 1 is 0.789 bits per heavy atom. The minimum Gasteiger partial charge on any atom is -0.372 e. The molecular formula is C16H18ClNO. The zero-order valence-electron chi connectivity index (χ0n) is 10.8. The monoisotopic (exact) mass is 275 g/mol. The van der Waals surface area contributed by atoms with E-state index in [0.29, 0.717) is 19.8 Å². The molecule has 0 bridgehead atoms. The third-order valence-electron chi connectivity index (χ3n) is 2.91. The number of benzene rings is 2. The molecule has 0 radical (unpaired) electrons. The molecule has 0 saturated carbocycles. The van der Waals surface area contributed by atoms with Crippen molar-refractivity contribution in [2.75, 3.05) is 6.54 Å². The van der Waals surface area contributed by atoms with Crippen LogP contribution in [0.3, 0.4) is 0 Å². The first-order valence-corrected chi connectivity index (χ1v) is 6.76. The van der Waals surface area contributed by atoms with Gasteiger partial charge in [0.2, 0.25) is 0 Å². The van der Waals surface area contributed by atoms with E-state index in [4.69, 9.17) is 22.1 Å². The molecule has 2 rings (SSSR count). The van der Waals surface area contributed by atoms with E-state index in [1.54, 1.807) is 0 Å². The molecule has 0 aliphatic rings. The zero-order chi connectivity index (χ0) is 13.5. The topological polar surface area (TPSA) is 35.2 Å². The van der Waals surface area contributed by atoms with Gasteiger partial charge in [-0.2, -0.15) is 0 Å². The van der Waals surface area contributed by atoms with E-state index in [9.17, 15) is 0 Å². The van der Waals surface area contributed by atoms with Crippen LogP contribution in [0, 0.1) is 0 Å². The maximum absolute atomic E-state index is 5.83. The van der Waals surface area contributed by atoms with Gasteiger partial charge in [-0.25, -0.2) is 0 Å². The third kappa shape index (κ3) is 4.67. The Hall–Kier alpha value is -1.35. The van der Waals surface area contributed by atoms with Crippen LogP contribution >= 0.6 is 11.6 Å². The summed E-state index contributed by atoms with van der Waals surface area (Å²) in [4.78, 5) is 0. The zero-order valence-corrected chi connectivity index (χ0v) is 11.6. The molecule has 0 heterocycles. The van der Waals surface area contributed by atoms with Gasteiger partial charge in [0.05, 0.1) is 13.2 Å². The molecular weight excluding hydrogens is 258 g/mol. The van der Waals surface area contributed by atoms with Gasteiger partial charge < -0.3 is 10.5 Å². The van der Waals surface area contributed by atoms with Gasteiger partial charge in [-0.3, -0.25) is 0 Å². The first-order chi connectivity index (χ1) is 9.28. The number of hydrogen-bond donors (Lipinski definition) is 1. The number of ether oxygens (including phenoxy) is 1. The molecule has 3 heteroatoms. The Morgan fingerprint density at radius 2 is 1.26 bits per heavy atom. The van der Waals surface area contributed by atoms with Crippen LogP contribution in [0.5, 0.6) is 0 Å². The fourth-order valence-electron chi connectivity index (χ4n) is 1.84. The van der Waals surface area contributed by atoms with E-state index in [-0.39, 0.29) is 0 Å². The summed E-state index contributed by atoms with van der Waals surface area (Å²) >= 11 is 5.83. The SMILES string of the molecule is NCCc1ccc(COCc2ccc(Cl)cc2)cc1. The normalized spacial score (nSPS) is 10.6. The molecule has 0 atom stereocenters. The van der Waals surface area contributed by atoms with E-state index in [1.807, 2.05) is 24.3 Å². The van der Waals surface area contributed by atoms with Crippen LogP contribution in [-0.4, -0.2) is 6.54 Å². The summed E-state index contributed by atoms with van der Waals surface area (Å²) in [5.74, 6) is 0. The Labute approximate surface area is 119 Å². The highest BCUT2D eigenvalue weighted by atomic mass is 35.5. The molecule has 0 saturated heterocycles. The van der Waals surface area contributed by atoms with Crippen LogP contribution in [-0.2, 0) is 24.4 Å². The number of hydrogen-bond acceptors (Lipinski definition) is 2. The van der Waals surface area contributed by atoms with Crippen LogP contribution in [0.2, 0.25) is 5.02 Å². The van der Waals surface area contributed by atoms with Crippen molar-refractivity contribution in [2.45, 2.75) is 19.6 Å². The summed E-state index contributed by atoms with van der Waals surface area (Å²) in [6, 6.07) is 16.1. The highest BCUT2D eigenvalue weighted by molar-refractivity contribution is 6.30. The number of rotatable bonds is 6. The van der Waals surface area contributed by atoms with Gasteiger partial charge in [0.25, 0.3) is 0 Å². The number of nitrogens with two attached hydrogens (primary N) is 1. The summed E-state index contributed by atoms with van der Waals surface area (Å²) in [5.41, 5.74) is 9.09. The second-order valence-corrected chi connectivity index (χ2v) is 4.91. The van der Waals surface area contributed by atoms with E-state index < -0.39 is 0 Å². The molecule has 0 spiro atoms. The molecule has 2 aromatic carbocycles. The van der Waals surface area contributed by atoms with Crippen LogP contribution in [0.4, 0.5) is 0 Å². The minimum absolute atomic E-state index is 0.599. The summed E-state index contributed by atoms with van der Waals surface area (Å²) in [6.07, 6.45) is 0.923. The lowest BCUT2D eigenvalue weighted by atomic mass is 10.1. The number of halogens is 1. The molecule has 0 amide bonds. The van der Waals surface area contributed by atoms with Crippen LogP contribution in [0.1, 0.15) is 16.7 Å². The van der Waals surface area contributed by atoms with E-state index in [0.717, 1.165) is 17.0 Å². The van der Waals surface area contributed by atoms with Crippen molar-refractivity contribution in [1.29, 1.82) is 0 Å². The average molecular weight is 276 g/mol. The Bertz CT molecular complexity index is 493. The molecule has 100 valence electrons. The predicted molar refractivity (Wildman–Crippen MR) is 79.1 cm³/mol. The van der Waals surface area contributed by atoms with Crippen molar-refractivity contribution in [3.05, 3.63) is 70.2 Å². The average Bonchev–Trinajstić information content (AvgIpc) is 2.43. The molecule has 0 aromatic heterocycles. The minimum atomic E-state index is 0.599. The first-order valence-electron chi connectivity index (χ1n) is 6.38. The highest BCUT2D eigenvalue weighted by Gasteiger charge is 1.97. The van der Waals surface area contributed by atoms with Gasteiger partial charge in [-0.1, -0.05) is 48.0 Å². The summed E-state index contributed by atoms with van der Waals surface area (Å²) in [7, 11) is 0. The molecule has 2 N–H and O–H groups in total. The second kappa shape index (κ2) is 7.29. The Balaban J connectivity index is 1.80. The van der Waals surface area contributed by atoms with E-state index in [1.165, 1.54) is 11.1 Å². The van der Waals surface area contributed by atoms with Gasteiger partial charge in [-0.05, 0) is 41.8 Å². The molecule has 0 unspecified atom stereocenters. The van der Waals surface area contributed by atoms with Gasteiger partial charge in [0, 0.05) is 5.02 Å². The molecule has 0 aliphatic heterocycles. The van der Waals surface area contributed by atoms with Crippen LogP contribution < -0.4 is 5.73 Å². The highest BCUT2D eigenvalue weighted by Crippen LogP contribution is 2.12. The van der Waals surface area contributed by atoms with Gasteiger partial charge in [0.15, 0.2) is 0 Å². The lowest BCUT2D eigenvalue weighted by Crippen LogP contribution is -2.02. The Morgan fingerprint density at radius 3 is 1.79 bits per heavy atom. The van der Waals surface area contributed by atoms with Crippen molar-refractivity contribution >= 4 is 11.6 Å². The van der Waals surface area contributed by atoms with E-state index >= 15 is 0 Å². The van der Waals surface area contributed by atoms with Crippen molar-refractivity contribution in [3.63, 3.8) is 0 Å².